The standard InChI is InChI=1S/C17H16ClN3O2S2/c1-11(17(22)19-9-12-5-2-3-6-13(12)18)25-10-15-20-16(21-23-15)14-7-4-8-24-14/h2-8,11H,9-10H2,1H3,(H,19,22)/t11-/m1/s1. The van der Waals surface area contributed by atoms with E-state index in [0.717, 1.165) is 10.4 Å². The molecule has 130 valence electrons. The first kappa shape index (κ1) is 18.0. The van der Waals surface area contributed by atoms with Gasteiger partial charge in [-0.1, -0.05) is 41.0 Å². The number of hydrogen-bond donors (Lipinski definition) is 1. The molecule has 0 saturated carbocycles. The maximum Gasteiger partial charge on any atom is 0.237 e. The topological polar surface area (TPSA) is 68.0 Å². The summed E-state index contributed by atoms with van der Waals surface area (Å²) in [5, 5.41) is 9.23. The third kappa shape index (κ3) is 4.84. The molecule has 0 aliphatic heterocycles. The van der Waals surface area contributed by atoms with Gasteiger partial charge in [-0.2, -0.15) is 4.98 Å². The van der Waals surface area contributed by atoms with Crippen LogP contribution >= 0.6 is 34.7 Å². The van der Waals surface area contributed by atoms with E-state index >= 15 is 0 Å². The Morgan fingerprint density at radius 2 is 2.20 bits per heavy atom. The fourth-order valence-electron chi connectivity index (χ4n) is 2.06. The number of carbonyl (C=O) groups excluding carboxylic acids is 1. The third-order valence-corrected chi connectivity index (χ3v) is 5.81. The zero-order valence-corrected chi connectivity index (χ0v) is 15.8. The minimum absolute atomic E-state index is 0.0529. The Morgan fingerprint density at radius 3 is 2.96 bits per heavy atom. The van der Waals surface area contributed by atoms with Crippen molar-refractivity contribution in [1.29, 1.82) is 0 Å². The molecular formula is C17H16ClN3O2S2. The van der Waals surface area contributed by atoms with Crippen LogP contribution in [0.5, 0.6) is 0 Å². The second-order valence-corrected chi connectivity index (χ2v) is 7.94. The molecule has 3 aromatic rings. The molecular weight excluding hydrogens is 378 g/mol. The molecule has 1 atom stereocenters. The summed E-state index contributed by atoms with van der Waals surface area (Å²) >= 11 is 9.10. The molecule has 0 spiro atoms. The molecule has 25 heavy (non-hydrogen) atoms. The number of aromatic nitrogens is 2. The van der Waals surface area contributed by atoms with E-state index in [1.165, 1.54) is 11.8 Å². The van der Waals surface area contributed by atoms with Gasteiger partial charge in [0.05, 0.1) is 15.9 Å². The Bertz CT molecular complexity index is 836. The first-order chi connectivity index (χ1) is 12.1. The minimum atomic E-state index is -0.237. The largest absolute Gasteiger partial charge is 0.351 e. The predicted octanol–water partition coefficient (Wildman–Crippen LogP) is 4.39. The van der Waals surface area contributed by atoms with E-state index in [2.05, 4.69) is 15.5 Å². The number of rotatable bonds is 7. The summed E-state index contributed by atoms with van der Waals surface area (Å²) < 4.78 is 5.24. The van der Waals surface area contributed by atoms with Gasteiger partial charge >= 0.3 is 0 Å². The van der Waals surface area contributed by atoms with E-state index in [0.29, 0.717) is 29.0 Å². The Morgan fingerprint density at radius 1 is 1.36 bits per heavy atom. The summed E-state index contributed by atoms with van der Waals surface area (Å²) in [6.45, 7) is 2.26. The molecule has 8 heteroatoms. The lowest BCUT2D eigenvalue weighted by Crippen LogP contribution is -2.30. The molecule has 0 aliphatic rings. The van der Waals surface area contributed by atoms with E-state index in [1.807, 2.05) is 48.7 Å². The number of halogens is 1. The van der Waals surface area contributed by atoms with Crippen LogP contribution in [0.4, 0.5) is 0 Å². The maximum absolute atomic E-state index is 12.2. The van der Waals surface area contributed by atoms with Gasteiger partial charge in [-0.25, -0.2) is 0 Å². The average molecular weight is 394 g/mol. The molecule has 1 N–H and O–H groups in total. The molecule has 5 nitrogen and oxygen atoms in total. The summed E-state index contributed by atoms with van der Waals surface area (Å²) in [6, 6.07) is 11.3. The van der Waals surface area contributed by atoms with Crippen molar-refractivity contribution in [3.8, 4) is 10.7 Å². The Balaban J connectivity index is 1.48. The van der Waals surface area contributed by atoms with Crippen LogP contribution in [0.15, 0.2) is 46.3 Å². The van der Waals surface area contributed by atoms with E-state index in [-0.39, 0.29) is 11.2 Å². The molecule has 1 amide bonds. The summed E-state index contributed by atoms with van der Waals surface area (Å²) in [7, 11) is 0. The van der Waals surface area contributed by atoms with Crippen molar-refractivity contribution in [1.82, 2.24) is 15.5 Å². The zero-order chi connectivity index (χ0) is 17.6. The molecule has 2 heterocycles. The van der Waals surface area contributed by atoms with Gasteiger partial charge in [0.2, 0.25) is 17.6 Å². The van der Waals surface area contributed by atoms with Crippen LogP contribution in [0, 0.1) is 0 Å². The summed E-state index contributed by atoms with van der Waals surface area (Å²) in [6.07, 6.45) is 0. The van der Waals surface area contributed by atoms with Gasteiger partial charge in [0.1, 0.15) is 0 Å². The predicted molar refractivity (Wildman–Crippen MR) is 102 cm³/mol. The second-order valence-electron chi connectivity index (χ2n) is 5.25. The third-order valence-electron chi connectivity index (χ3n) is 3.45. The number of thioether (sulfide) groups is 1. The fourth-order valence-corrected chi connectivity index (χ4v) is 3.66. The summed E-state index contributed by atoms with van der Waals surface area (Å²) in [4.78, 5) is 17.5. The SMILES string of the molecule is C[C@@H](SCc1nc(-c2cccs2)no1)C(=O)NCc1ccccc1Cl. The van der Waals surface area contributed by atoms with Gasteiger partial charge in [-0.3, -0.25) is 4.79 Å². The highest BCUT2D eigenvalue weighted by atomic mass is 35.5. The van der Waals surface area contributed by atoms with Crippen molar-refractivity contribution < 1.29 is 9.32 Å². The van der Waals surface area contributed by atoms with E-state index in [9.17, 15) is 4.79 Å². The van der Waals surface area contributed by atoms with Crippen LogP contribution in [-0.4, -0.2) is 21.3 Å². The number of hydrogen-bond acceptors (Lipinski definition) is 6. The highest BCUT2D eigenvalue weighted by Gasteiger charge is 2.16. The van der Waals surface area contributed by atoms with Gasteiger partial charge in [-0.15, -0.1) is 23.1 Å². The van der Waals surface area contributed by atoms with E-state index < -0.39 is 0 Å². The van der Waals surface area contributed by atoms with Crippen molar-refractivity contribution in [3.63, 3.8) is 0 Å². The van der Waals surface area contributed by atoms with Gasteiger partial charge in [0, 0.05) is 11.6 Å². The first-order valence-electron chi connectivity index (χ1n) is 7.62. The molecule has 1 aromatic carbocycles. The van der Waals surface area contributed by atoms with Crippen LogP contribution in [0.3, 0.4) is 0 Å². The number of thiophene rings is 1. The van der Waals surface area contributed by atoms with E-state index in [1.54, 1.807) is 11.3 Å². The maximum atomic E-state index is 12.2. The Hall–Kier alpha value is -1.83. The van der Waals surface area contributed by atoms with Gasteiger partial charge in [0.25, 0.3) is 0 Å². The number of amides is 1. The van der Waals surface area contributed by atoms with Crippen molar-refractivity contribution in [2.24, 2.45) is 0 Å². The van der Waals surface area contributed by atoms with Crippen LogP contribution in [0.1, 0.15) is 18.4 Å². The van der Waals surface area contributed by atoms with Gasteiger partial charge in [-0.05, 0) is 30.0 Å². The van der Waals surface area contributed by atoms with Gasteiger partial charge < -0.3 is 9.84 Å². The lowest BCUT2D eigenvalue weighted by Gasteiger charge is -2.11. The van der Waals surface area contributed by atoms with Crippen molar-refractivity contribution in [3.05, 3.63) is 58.3 Å². The molecule has 3 rings (SSSR count). The quantitative estimate of drug-likeness (QED) is 0.644. The lowest BCUT2D eigenvalue weighted by atomic mass is 10.2. The van der Waals surface area contributed by atoms with Gasteiger partial charge in [0.15, 0.2) is 0 Å². The highest BCUT2D eigenvalue weighted by molar-refractivity contribution is 7.99. The van der Waals surface area contributed by atoms with Crippen molar-refractivity contribution in [2.45, 2.75) is 24.5 Å². The first-order valence-corrected chi connectivity index (χ1v) is 9.93. The molecule has 2 aromatic heterocycles. The molecule has 0 aliphatic carbocycles. The molecule has 0 saturated heterocycles. The molecule has 0 radical (unpaired) electrons. The van der Waals surface area contributed by atoms with Crippen LogP contribution in [0.2, 0.25) is 5.02 Å². The smallest absolute Gasteiger partial charge is 0.237 e. The van der Waals surface area contributed by atoms with Crippen LogP contribution in [-0.2, 0) is 17.1 Å². The number of benzene rings is 1. The van der Waals surface area contributed by atoms with Crippen molar-refractivity contribution >= 4 is 40.6 Å². The molecule has 0 unspecified atom stereocenters. The Labute approximate surface area is 158 Å². The van der Waals surface area contributed by atoms with Crippen LogP contribution < -0.4 is 5.32 Å². The minimum Gasteiger partial charge on any atom is -0.351 e. The van der Waals surface area contributed by atoms with E-state index in [4.69, 9.17) is 16.1 Å². The lowest BCUT2D eigenvalue weighted by molar-refractivity contribution is -0.120. The highest BCUT2D eigenvalue weighted by Crippen LogP contribution is 2.23. The monoisotopic (exact) mass is 393 g/mol. The fraction of sp³-hybridized carbons (Fsp3) is 0.235. The number of nitrogens with zero attached hydrogens (tertiary/aromatic N) is 2. The average Bonchev–Trinajstić information content (AvgIpc) is 3.29. The van der Waals surface area contributed by atoms with Crippen molar-refractivity contribution in [2.75, 3.05) is 0 Å². The molecule has 0 bridgehead atoms. The Kier molecular flexibility index (Phi) is 6.12. The second kappa shape index (κ2) is 8.51. The summed E-state index contributed by atoms with van der Waals surface area (Å²) in [5.74, 6) is 1.53. The zero-order valence-electron chi connectivity index (χ0n) is 13.4. The molecule has 0 fully saturated rings. The normalized spacial score (nSPS) is 12.1. The van der Waals surface area contributed by atoms with Crippen LogP contribution in [0.25, 0.3) is 10.7 Å². The number of nitrogens with one attached hydrogen (secondary N) is 1. The summed E-state index contributed by atoms with van der Waals surface area (Å²) in [5.41, 5.74) is 0.896. The number of carbonyl (C=O) groups is 1.